The van der Waals surface area contributed by atoms with E-state index < -0.39 is 0 Å². The molecule has 3 aromatic rings. The molecule has 1 aliphatic rings. The Morgan fingerprint density at radius 2 is 1.94 bits per heavy atom. The minimum absolute atomic E-state index is 0.00566. The fourth-order valence-corrected chi connectivity index (χ4v) is 3.91. The van der Waals surface area contributed by atoms with E-state index in [1.807, 2.05) is 12.1 Å². The molecule has 1 aliphatic carbocycles. The summed E-state index contributed by atoms with van der Waals surface area (Å²) in [5.41, 5.74) is 1.46. The topological polar surface area (TPSA) is 91.2 Å². The molecule has 8 nitrogen and oxygen atoms in total. The molecule has 0 bridgehead atoms. The lowest BCUT2D eigenvalue weighted by Crippen LogP contribution is -2.40. The quantitative estimate of drug-likeness (QED) is 0.575. The molecule has 1 amide bonds. The highest BCUT2D eigenvalue weighted by Crippen LogP contribution is 2.27. The lowest BCUT2D eigenvalue weighted by atomic mass is 10.0. The molecule has 0 aliphatic heterocycles. The molecule has 2 atom stereocenters. The number of aromatic nitrogens is 4. The van der Waals surface area contributed by atoms with Gasteiger partial charge in [0.15, 0.2) is 5.69 Å². The summed E-state index contributed by atoms with van der Waals surface area (Å²) in [6.45, 7) is 0.839. The Hall–Kier alpha value is -2.97. The number of amides is 1. The molecule has 9 heteroatoms. The Kier molecular flexibility index (Phi) is 6.79. The molecule has 2 aromatic heterocycles. The number of nitrogens with one attached hydrogen (secondary N) is 1. The molecular weight excluding hydrogens is 418 g/mol. The first kappa shape index (κ1) is 21.3. The molecule has 31 heavy (non-hydrogen) atoms. The fourth-order valence-electron chi connectivity index (χ4n) is 3.79. The highest BCUT2D eigenvalue weighted by Gasteiger charge is 2.30. The third-order valence-corrected chi connectivity index (χ3v) is 5.58. The maximum atomic E-state index is 13.2. The van der Waals surface area contributed by atoms with Crippen molar-refractivity contribution in [2.45, 2.75) is 31.9 Å². The Morgan fingerprint density at radius 3 is 2.68 bits per heavy atom. The number of benzene rings is 1. The predicted molar refractivity (Wildman–Crippen MR) is 115 cm³/mol. The van der Waals surface area contributed by atoms with Gasteiger partial charge in [-0.15, -0.1) is 4.80 Å². The average Bonchev–Trinajstić information content (AvgIpc) is 3.46. The van der Waals surface area contributed by atoms with Crippen molar-refractivity contribution in [3.05, 3.63) is 65.2 Å². The van der Waals surface area contributed by atoms with E-state index in [1.165, 1.54) is 4.80 Å². The van der Waals surface area contributed by atoms with Crippen LogP contribution in [0.25, 0.3) is 5.69 Å². The van der Waals surface area contributed by atoms with Crippen molar-refractivity contribution in [1.82, 2.24) is 25.3 Å². The van der Waals surface area contributed by atoms with Crippen molar-refractivity contribution in [3.8, 4) is 11.4 Å². The van der Waals surface area contributed by atoms with Gasteiger partial charge in [0.1, 0.15) is 11.4 Å². The van der Waals surface area contributed by atoms with Crippen LogP contribution in [0, 0.1) is 5.92 Å². The first-order valence-corrected chi connectivity index (χ1v) is 10.6. The summed E-state index contributed by atoms with van der Waals surface area (Å²) < 4.78 is 11.1. The fraction of sp³-hybridized carbons (Fsp3) is 0.364. The zero-order valence-corrected chi connectivity index (χ0v) is 18.0. The first-order chi connectivity index (χ1) is 15.1. The number of hydrogen-bond acceptors (Lipinski definition) is 6. The maximum Gasteiger partial charge on any atom is 0.272 e. The Labute approximate surface area is 185 Å². The molecule has 2 heterocycles. The summed E-state index contributed by atoms with van der Waals surface area (Å²) in [6, 6.07) is 10.9. The Bertz CT molecular complexity index is 1010. The number of methoxy groups -OCH3 is 1. The number of ether oxygens (including phenoxy) is 2. The van der Waals surface area contributed by atoms with Gasteiger partial charge in [-0.1, -0.05) is 18.0 Å². The number of pyridine rings is 1. The van der Waals surface area contributed by atoms with Gasteiger partial charge in [0.05, 0.1) is 31.3 Å². The first-order valence-electron chi connectivity index (χ1n) is 10.2. The second kappa shape index (κ2) is 9.89. The van der Waals surface area contributed by atoms with Gasteiger partial charge in [-0.25, -0.2) is 4.98 Å². The molecule has 0 radical (unpaired) electrons. The van der Waals surface area contributed by atoms with Gasteiger partial charge in [-0.2, -0.15) is 10.2 Å². The van der Waals surface area contributed by atoms with Gasteiger partial charge < -0.3 is 14.8 Å². The van der Waals surface area contributed by atoms with E-state index in [1.54, 1.807) is 43.8 Å². The number of carbonyl (C=O) groups is 1. The van der Waals surface area contributed by atoms with Crippen LogP contribution >= 0.6 is 11.6 Å². The minimum Gasteiger partial charge on any atom is -0.493 e. The Morgan fingerprint density at radius 1 is 1.16 bits per heavy atom. The molecule has 1 saturated carbocycles. The van der Waals surface area contributed by atoms with Gasteiger partial charge in [0.2, 0.25) is 0 Å². The van der Waals surface area contributed by atoms with Crippen LogP contribution in [0.3, 0.4) is 0 Å². The van der Waals surface area contributed by atoms with Crippen LogP contribution in [0.4, 0.5) is 0 Å². The molecule has 0 spiro atoms. The molecular formula is C22H24ClN5O3. The van der Waals surface area contributed by atoms with E-state index in [2.05, 4.69) is 20.5 Å². The van der Waals surface area contributed by atoms with Gasteiger partial charge in [-0.05, 0) is 49.2 Å². The molecule has 1 N–H and O–H groups in total. The van der Waals surface area contributed by atoms with E-state index >= 15 is 0 Å². The lowest BCUT2D eigenvalue weighted by molar-refractivity contribution is 0.0912. The molecule has 4 rings (SSSR count). The van der Waals surface area contributed by atoms with Gasteiger partial charge >= 0.3 is 0 Å². The van der Waals surface area contributed by atoms with Crippen LogP contribution < -0.4 is 10.1 Å². The van der Waals surface area contributed by atoms with Crippen LogP contribution in [-0.4, -0.2) is 45.6 Å². The zero-order chi connectivity index (χ0) is 21.6. The molecule has 1 fully saturated rings. The SMILES string of the molecule is COCc1ccc(-n2nccn2)c(C(=O)N[C@H]2CCC[C@@H]2COc2ccc(Cl)cc2)n1. The summed E-state index contributed by atoms with van der Waals surface area (Å²) >= 11 is 5.93. The van der Waals surface area contributed by atoms with Gasteiger partial charge in [0, 0.05) is 24.1 Å². The summed E-state index contributed by atoms with van der Waals surface area (Å²) in [6.07, 6.45) is 6.04. The van der Waals surface area contributed by atoms with E-state index in [4.69, 9.17) is 21.1 Å². The van der Waals surface area contributed by atoms with Crippen molar-refractivity contribution in [3.63, 3.8) is 0 Å². The van der Waals surface area contributed by atoms with E-state index in [0.29, 0.717) is 29.6 Å². The summed E-state index contributed by atoms with van der Waals surface area (Å²) in [4.78, 5) is 19.1. The van der Waals surface area contributed by atoms with Gasteiger partial charge in [0.25, 0.3) is 5.91 Å². The highest BCUT2D eigenvalue weighted by atomic mass is 35.5. The van der Waals surface area contributed by atoms with Crippen molar-refractivity contribution in [2.24, 2.45) is 5.92 Å². The lowest BCUT2D eigenvalue weighted by Gasteiger charge is -2.22. The molecule has 1 aromatic carbocycles. The van der Waals surface area contributed by atoms with E-state index in [0.717, 1.165) is 25.0 Å². The molecule has 0 saturated heterocycles. The van der Waals surface area contributed by atoms with Crippen LogP contribution in [0.5, 0.6) is 5.75 Å². The predicted octanol–water partition coefficient (Wildman–Crippen LogP) is 3.44. The summed E-state index contributed by atoms with van der Waals surface area (Å²) in [7, 11) is 1.59. The van der Waals surface area contributed by atoms with Gasteiger partial charge in [-0.3, -0.25) is 4.79 Å². The largest absolute Gasteiger partial charge is 0.493 e. The smallest absolute Gasteiger partial charge is 0.272 e. The highest BCUT2D eigenvalue weighted by molar-refractivity contribution is 6.30. The zero-order valence-electron chi connectivity index (χ0n) is 17.2. The summed E-state index contributed by atoms with van der Waals surface area (Å²) in [5, 5.41) is 12.1. The second-order valence-electron chi connectivity index (χ2n) is 7.46. The number of rotatable bonds is 8. The monoisotopic (exact) mass is 441 g/mol. The van der Waals surface area contributed by atoms with Crippen LogP contribution in [-0.2, 0) is 11.3 Å². The van der Waals surface area contributed by atoms with E-state index in [-0.39, 0.29) is 23.6 Å². The normalized spacial score (nSPS) is 18.1. The van der Waals surface area contributed by atoms with Crippen molar-refractivity contribution >= 4 is 17.5 Å². The molecule has 0 unspecified atom stereocenters. The third kappa shape index (κ3) is 5.21. The standard InChI is InChI=1S/C22H24ClN5O3/c1-30-14-17-7-10-20(28-24-11-12-25-28)21(26-17)22(29)27-19-4-2-3-15(19)13-31-18-8-5-16(23)6-9-18/h5-12,15,19H,2-4,13-14H2,1H3,(H,27,29)/t15-,19+/m1/s1. The van der Waals surface area contributed by atoms with Crippen molar-refractivity contribution in [2.75, 3.05) is 13.7 Å². The second-order valence-corrected chi connectivity index (χ2v) is 7.89. The number of nitrogens with zero attached hydrogens (tertiary/aromatic N) is 4. The number of hydrogen-bond donors (Lipinski definition) is 1. The van der Waals surface area contributed by atoms with Crippen molar-refractivity contribution < 1.29 is 14.3 Å². The molecule has 162 valence electrons. The summed E-state index contributed by atoms with van der Waals surface area (Å²) in [5.74, 6) is 0.726. The van der Waals surface area contributed by atoms with Crippen LogP contribution in [0.1, 0.15) is 35.4 Å². The number of halogens is 1. The van der Waals surface area contributed by atoms with Crippen molar-refractivity contribution in [1.29, 1.82) is 0 Å². The Balaban J connectivity index is 1.47. The average molecular weight is 442 g/mol. The van der Waals surface area contributed by atoms with Crippen LogP contribution in [0.15, 0.2) is 48.8 Å². The number of carbonyl (C=O) groups excluding carboxylic acids is 1. The van der Waals surface area contributed by atoms with E-state index in [9.17, 15) is 4.79 Å². The maximum absolute atomic E-state index is 13.2. The minimum atomic E-state index is -0.256. The third-order valence-electron chi connectivity index (χ3n) is 5.33. The van der Waals surface area contributed by atoms with Crippen LogP contribution in [0.2, 0.25) is 5.02 Å².